The first-order valence-corrected chi connectivity index (χ1v) is 7.88. The highest BCUT2D eigenvalue weighted by molar-refractivity contribution is 7.13. The van der Waals surface area contributed by atoms with E-state index < -0.39 is 6.36 Å². The van der Waals surface area contributed by atoms with Gasteiger partial charge in [0.2, 0.25) is 0 Å². The van der Waals surface area contributed by atoms with E-state index in [0.717, 1.165) is 31.6 Å². The van der Waals surface area contributed by atoms with Gasteiger partial charge in [0.25, 0.3) is 0 Å². The first-order valence-electron chi connectivity index (χ1n) is 7.36. The molecule has 0 radical (unpaired) electrons. The summed E-state index contributed by atoms with van der Waals surface area (Å²) >= 11 is 0. The number of rotatable bonds is 4. The quantitative estimate of drug-likeness (QED) is 0.592. The summed E-state index contributed by atoms with van der Waals surface area (Å²) in [5.41, 5.74) is 0.744. The van der Waals surface area contributed by atoms with Gasteiger partial charge in [-0.2, -0.15) is 0 Å². The van der Waals surface area contributed by atoms with Crippen molar-refractivity contribution in [1.82, 2.24) is 15.3 Å². The van der Waals surface area contributed by atoms with Crippen LogP contribution < -0.4 is 10.6 Å². The number of halogens is 3. The molecule has 9 heteroatoms. The van der Waals surface area contributed by atoms with Crippen LogP contribution in [-0.2, 0) is 4.74 Å². The Morgan fingerprint density at radius 1 is 1.38 bits per heavy atom. The molecule has 0 aromatic heterocycles. The van der Waals surface area contributed by atoms with Crippen LogP contribution in [0.1, 0.15) is 19.8 Å². The molecular weight excluding hydrogens is 342 g/mol. The van der Waals surface area contributed by atoms with Crippen LogP contribution in [0.15, 0.2) is 36.6 Å². The van der Waals surface area contributed by atoms with Crippen molar-refractivity contribution >= 4 is 15.4 Å². The van der Waals surface area contributed by atoms with E-state index in [9.17, 15) is 18.0 Å². The molecule has 0 aliphatic carbocycles. The maximum atomic E-state index is 11.8. The molecule has 1 fully saturated rings. The van der Waals surface area contributed by atoms with Crippen molar-refractivity contribution in [2.24, 2.45) is 0 Å². The van der Waals surface area contributed by atoms with Crippen LogP contribution in [0, 0.1) is 0 Å². The van der Waals surface area contributed by atoms with Crippen molar-refractivity contribution in [3.8, 4) is 0 Å². The third-order valence-electron chi connectivity index (χ3n) is 3.00. The molecule has 0 spiro atoms. The van der Waals surface area contributed by atoms with E-state index in [1.54, 1.807) is 12.2 Å². The van der Waals surface area contributed by atoms with Crippen molar-refractivity contribution in [2.75, 3.05) is 20.2 Å². The number of hydrogen-bond donors (Lipinski definition) is 2. The highest BCUT2D eigenvalue weighted by atomic mass is 31.0. The molecule has 1 aliphatic heterocycles. The lowest BCUT2D eigenvalue weighted by Gasteiger charge is -2.29. The van der Waals surface area contributed by atoms with Gasteiger partial charge in [0.05, 0.1) is 0 Å². The number of nitrogens with one attached hydrogen (secondary N) is 2. The second kappa shape index (κ2) is 12.1. The third kappa shape index (κ3) is 12.1. The molecule has 0 aromatic carbocycles. The van der Waals surface area contributed by atoms with Gasteiger partial charge in [-0.3, -0.25) is 9.41 Å². The predicted molar refractivity (Wildman–Crippen MR) is 92.1 cm³/mol. The van der Waals surface area contributed by atoms with Gasteiger partial charge < -0.3 is 10.6 Å². The Balaban J connectivity index is 0.000000754. The number of hydrogen-bond acceptors (Lipinski definition) is 3. The Hall–Kier alpha value is -1.37. The minimum Gasteiger partial charge on any atom is -0.335 e. The van der Waals surface area contributed by atoms with Crippen molar-refractivity contribution in [1.29, 1.82) is 0 Å². The Kier molecular flexibility index (Phi) is 11.4. The highest BCUT2D eigenvalue weighted by Gasteiger charge is 2.25. The van der Waals surface area contributed by atoms with Crippen molar-refractivity contribution in [2.45, 2.75) is 32.2 Å². The number of nitrogens with zero attached hydrogens (tertiary/aromatic N) is 1. The molecule has 5 nitrogen and oxygen atoms in total. The van der Waals surface area contributed by atoms with E-state index in [1.807, 2.05) is 19.1 Å². The standard InChI is InChI=1S/C13H22N3OP.C2H3F3O/c1-3-5-11(6-4-2)14-13(17)15-12-7-9-16(18)10-8-12;1-6-2(3,4)5/h3-6,12H,1,7-10,18H2,2H3,(H2,14,15,17);1H3/b6-4-,11-5+;. The van der Waals surface area contributed by atoms with Gasteiger partial charge in [0.1, 0.15) is 0 Å². The van der Waals surface area contributed by atoms with E-state index in [0.29, 0.717) is 7.11 Å². The summed E-state index contributed by atoms with van der Waals surface area (Å²) in [6, 6.07) is 0.112. The minimum absolute atomic E-state index is 0.150. The van der Waals surface area contributed by atoms with Crippen LogP contribution in [0.3, 0.4) is 0 Å². The molecule has 1 rings (SSSR count). The molecule has 0 bridgehead atoms. The second-order valence-corrected chi connectivity index (χ2v) is 5.65. The second-order valence-electron chi connectivity index (χ2n) is 4.92. The number of urea groups is 1. The van der Waals surface area contributed by atoms with Crippen LogP contribution in [-0.4, -0.2) is 43.3 Å². The van der Waals surface area contributed by atoms with E-state index >= 15 is 0 Å². The summed E-state index contributed by atoms with van der Waals surface area (Å²) < 4.78 is 36.8. The van der Waals surface area contributed by atoms with Gasteiger partial charge in [-0.05, 0) is 31.9 Å². The Labute approximate surface area is 143 Å². The zero-order valence-electron chi connectivity index (χ0n) is 13.9. The van der Waals surface area contributed by atoms with Crippen LogP contribution in [0.4, 0.5) is 18.0 Å². The normalized spacial score (nSPS) is 17.2. The van der Waals surface area contributed by atoms with Crippen molar-refractivity contribution < 1.29 is 22.7 Å². The smallest absolute Gasteiger partial charge is 0.335 e. The molecule has 0 saturated carbocycles. The van der Waals surface area contributed by atoms with Crippen molar-refractivity contribution in [3.05, 3.63) is 36.6 Å². The summed E-state index contributed by atoms with van der Waals surface area (Å²) in [6.07, 6.45) is 4.66. The molecule has 138 valence electrons. The molecule has 2 amide bonds. The van der Waals surface area contributed by atoms with Crippen LogP contribution >= 0.6 is 9.39 Å². The zero-order valence-corrected chi connectivity index (χ0v) is 15.1. The maximum absolute atomic E-state index is 11.8. The molecular formula is C15H25F3N3O2P. The van der Waals surface area contributed by atoms with Gasteiger partial charge in [0, 0.05) is 31.9 Å². The SMILES string of the molecule is C=C/C=C(\C=C/C)NC(=O)NC1CCN(P)CC1.COC(F)(F)F. The summed E-state index contributed by atoms with van der Waals surface area (Å²) in [7, 11) is 3.28. The first-order chi connectivity index (χ1) is 11.2. The van der Waals surface area contributed by atoms with E-state index in [4.69, 9.17) is 0 Å². The molecule has 1 unspecified atom stereocenters. The summed E-state index contributed by atoms with van der Waals surface area (Å²) in [5.74, 6) is 0. The largest absolute Gasteiger partial charge is 0.522 e. The van der Waals surface area contributed by atoms with Gasteiger partial charge in [-0.25, -0.2) is 4.79 Å². The average Bonchev–Trinajstić information content (AvgIpc) is 2.50. The summed E-state index contributed by atoms with van der Waals surface area (Å²) in [4.78, 5) is 11.8. The lowest BCUT2D eigenvalue weighted by molar-refractivity contribution is -0.311. The number of allylic oxidation sites excluding steroid dienone is 4. The molecule has 1 atom stereocenters. The Morgan fingerprint density at radius 2 is 1.92 bits per heavy atom. The number of carbonyl (C=O) groups is 1. The molecule has 0 aromatic rings. The lowest BCUT2D eigenvalue weighted by Crippen LogP contribution is -2.45. The van der Waals surface area contributed by atoms with E-state index in [2.05, 4.69) is 36.0 Å². The minimum atomic E-state index is -4.46. The van der Waals surface area contributed by atoms with Crippen LogP contribution in [0.5, 0.6) is 0 Å². The number of ether oxygens (including phenoxy) is 1. The summed E-state index contributed by atoms with van der Waals surface area (Å²) in [5, 5.41) is 5.80. The Morgan fingerprint density at radius 3 is 2.33 bits per heavy atom. The fraction of sp³-hybridized carbons (Fsp3) is 0.533. The van der Waals surface area contributed by atoms with E-state index in [-0.39, 0.29) is 12.1 Å². The number of piperidine rings is 1. The van der Waals surface area contributed by atoms with Crippen LogP contribution in [0.25, 0.3) is 0 Å². The molecule has 2 N–H and O–H groups in total. The number of methoxy groups -OCH3 is 1. The fourth-order valence-corrected chi connectivity index (χ4v) is 2.14. The first kappa shape index (κ1) is 22.6. The monoisotopic (exact) mass is 367 g/mol. The molecule has 1 heterocycles. The molecule has 1 aliphatic rings. The van der Waals surface area contributed by atoms with E-state index in [1.165, 1.54) is 0 Å². The predicted octanol–water partition coefficient (Wildman–Crippen LogP) is 3.34. The van der Waals surface area contributed by atoms with Crippen LogP contribution in [0.2, 0.25) is 0 Å². The third-order valence-corrected chi connectivity index (χ3v) is 3.51. The van der Waals surface area contributed by atoms with Gasteiger partial charge in [0.15, 0.2) is 0 Å². The average molecular weight is 367 g/mol. The number of alkyl halides is 3. The zero-order chi connectivity index (χ0) is 18.6. The lowest BCUT2D eigenvalue weighted by atomic mass is 10.1. The van der Waals surface area contributed by atoms with Gasteiger partial charge >= 0.3 is 12.4 Å². The highest BCUT2D eigenvalue weighted by Crippen LogP contribution is 2.13. The topological polar surface area (TPSA) is 53.6 Å². The Bertz CT molecular complexity index is 446. The molecule has 24 heavy (non-hydrogen) atoms. The van der Waals surface area contributed by atoms with Gasteiger partial charge in [-0.15, -0.1) is 13.2 Å². The molecule has 1 saturated heterocycles. The number of amides is 2. The van der Waals surface area contributed by atoms with Crippen molar-refractivity contribution in [3.63, 3.8) is 0 Å². The summed E-state index contributed by atoms with van der Waals surface area (Å²) in [6.45, 7) is 7.53. The van der Waals surface area contributed by atoms with Gasteiger partial charge in [-0.1, -0.05) is 28.1 Å². The number of carbonyl (C=O) groups excluding carboxylic acids is 1. The maximum Gasteiger partial charge on any atom is 0.522 e. The fourth-order valence-electron chi connectivity index (χ4n) is 1.84.